The Balaban J connectivity index is 1.68. The highest BCUT2D eigenvalue weighted by molar-refractivity contribution is 7.89. The number of hydrogen-bond acceptors (Lipinski definition) is 6. The van der Waals surface area contributed by atoms with E-state index < -0.39 is 10.0 Å². The third-order valence-electron chi connectivity index (χ3n) is 5.12. The van der Waals surface area contributed by atoms with Crippen LogP contribution in [-0.4, -0.2) is 59.4 Å². The molecule has 0 unspecified atom stereocenters. The number of methoxy groups -OCH3 is 1. The molecular formula is C20H29N5O4S. The van der Waals surface area contributed by atoms with Gasteiger partial charge in [0, 0.05) is 25.2 Å². The van der Waals surface area contributed by atoms with E-state index in [1.54, 1.807) is 46.6 Å². The van der Waals surface area contributed by atoms with Crippen molar-refractivity contribution >= 4 is 15.9 Å². The number of amides is 1. The first-order valence-electron chi connectivity index (χ1n) is 10.2. The molecule has 1 N–H and O–H groups in total. The molecule has 30 heavy (non-hydrogen) atoms. The first-order chi connectivity index (χ1) is 14.3. The van der Waals surface area contributed by atoms with E-state index in [0.717, 1.165) is 19.3 Å². The molecule has 0 spiro atoms. The van der Waals surface area contributed by atoms with Gasteiger partial charge < -0.3 is 10.1 Å². The van der Waals surface area contributed by atoms with Crippen molar-refractivity contribution in [3.8, 4) is 5.75 Å². The SMILES string of the molecule is COc1ccc(S(=O)(=O)N2CCCC[C@@H]2CCn2cc(C(=O)NC(C)C)nn2)cc1. The third-order valence-corrected chi connectivity index (χ3v) is 7.09. The molecule has 10 heteroatoms. The number of nitrogens with zero attached hydrogens (tertiary/aromatic N) is 4. The molecule has 0 aliphatic carbocycles. The second-order valence-corrected chi connectivity index (χ2v) is 9.62. The van der Waals surface area contributed by atoms with Crippen LogP contribution in [0.5, 0.6) is 5.75 Å². The lowest BCUT2D eigenvalue weighted by atomic mass is 10.0. The summed E-state index contributed by atoms with van der Waals surface area (Å²) in [6.45, 7) is 4.74. The average molecular weight is 436 g/mol. The summed E-state index contributed by atoms with van der Waals surface area (Å²) in [5.74, 6) is 0.352. The van der Waals surface area contributed by atoms with Crippen molar-refractivity contribution in [2.45, 2.75) is 63.1 Å². The standard InChI is InChI=1S/C20H29N5O4S/c1-15(2)21-20(26)19-14-24(23-22-19)13-11-16-6-4-5-12-25(16)30(27,28)18-9-7-17(29-3)8-10-18/h7-10,14-16H,4-6,11-13H2,1-3H3,(H,21,26)/t16-/m1/s1. The smallest absolute Gasteiger partial charge is 0.273 e. The van der Waals surface area contributed by atoms with Gasteiger partial charge in [-0.3, -0.25) is 9.48 Å². The van der Waals surface area contributed by atoms with Crippen molar-refractivity contribution in [3.63, 3.8) is 0 Å². The zero-order valence-corrected chi connectivity index (χ0v) is 18.4. The Hall–Kier alpha value is -2.46. The lowest BCUT2D eigenvalue weighted by Gasteiger charge is -2.34. The first-order valence-corrected chi connectivity index (χ1v) is 11.6. The maximum atomic E-state index is 13.2. The maximum Gasteiger partial charge on any atom is 0.273 e. The zero-order chi connectivity index (χ0) is 21.7. The summed E-state index contributed by atoms with van der Waals surface area (Å²) in [5.41, 5.74) is 0.259. The number of hydrogen-bond donors (Lipinski definition) is 1. The highest BCUT2D eigenvalue weighted by Crippen LogP contribution is 2.28. The number of nitrogens with one attached hydrogen (secondary N) is 1. The fourth-order valence-electron chi connectivity index (χ4n) is 3.59. The molecule has 3 rings (SSSR count). The normalized spacial score (nSPS) is 17.8. The molecule has 0 bridgehead atoms. The van der Waals surface area contributed by atoms with Gasteiger partial charge in [0.05, 0.1) is 18.2 Å². The van der Waals surface area contributed by atoms with E-state index in [1.807, 2.05) is 13.8 Å². The molecule has 0 radical (unpaired) electrons. The summed E-state index contributed by atoms with van der Waals surface area (Å²) >= 11 is 0. The summed E-state index contributed by atoms with van der Waals surface area (Å²) in [5, 5.41) is 10.7. The minimum Gasteiger partial charge on any atom is -0.497 e. The lowest BCUT2D eigenvalue weighted by Crippen LogP contribution is -2.44. The van der Waals surface area contributed by atoms with Crippen molar-refractivity contribution in [2.24, 2.45) is 0 Å². The van der Waals surface area contributed by atoms with Gasteiger partial charge >= 0.3 is 0 Å². The van der Waals surface area contributed by atoms with Crippen LogP contribution in [0, 0.1) is 0 Å². The summed E-state index contributed by atoms with van der Waals surface area (Å²) < 4.78 is 34.7. The minimum absolute atomic E-state index is 0.0154. The number of rotatable bonds is 8. The molecule has 1 atom stereocenters. The van der Waals surface area contributed by atoms with Gasteiger partial charge in [-0.2, -0.15) is 4.31 Å². The number of aromatic nitrogens is 3. The van der Waals surface area contributed by atoms with Crippen LogP contribution in [0.25, 0.3) is 0 Å². The van der Waals surface area contributed by atoms with Crippen molar-refractivity contribution in [3.05, 3.63) is 36.2 Å². The molecule has 1 saturated heterocycles. The molecule has 1 aliphatic rings. The summed E-state index contributed by atoms with van der Waals surface area (Å²) in [6, 6.07) is 6.37. The molecule has 9 nitrogen and oxygen atoms in total. The maximum absolute atomic E-state index is 13.2. The monoisotopic (exact) mass is 435 g/mol. The van der Waals surface area contributed by atoms with E-state index in [0.29, 0.717) is 25.3 Å². The third kappa shape index (κ3) is 5.17. The Morgan fingerprint density at radius 1 is 1.27 bits per heavy atom. The van der Waals surface area contributed by atoms with E-state index in [4.69, 9.17) is 4.74 Å². The van der Waals surface area contributed by atoms with Gasteiger partial charge in [0.25, 0.3) is 5.91 Å². The van der Waals surface area contributed by atoms with Crippen molar-refractivity contribution in [1.29, 1.82) is 0 Å². The summed E-state index contributed by atoms with van der Waals surface area (Å²) in [7, 11) is -2.05. The van der Waals surface area contributed by atoms with Gasteiger partial charge in [0.15, 0.2) is 5.69 Å². The second-order valence-electron chi connectivity index (χ2n) is 7.72. The van der Waals surface area contributed by atoms with Crippen LogP contribution in [0.4, 0.5) is 0 Å². The van der Waals surface area contributed by atoms with Crippen LogP contribution in [0.3, 0.4) is 0 Å². The fraction of sp³-hybridized carbons (Fsp3) is 0.550. The number of carbonyl (C=O) groups excluding carboxylic acids is 1. The average Bonchev–Trinajstić information content (AvgIpc) is 3.21. The molecule has 164 valence electrons. The Labute approximate surface area is 177 Å². The number of benzene rings is 1. The molecule has 1 aromatic carbocycles. The van der Waals surface area contributed by atoms with Crippen molar-refractivity contribution in [1.82, 2.24) is 24.6 Å². The molecule has 0 saturated carbocycles. The molecule has 1 aliphatic heterocycles. The van der Waals surface area contributed by atoms with Crippen LogP contribution >= 0.6 is 0 Å². The predicted molar refractivity (Wildman–Crippen MR) is 112 cm³/mol. The van der Waals surface area contributed by atoms with Gasteiger partial charge in [-0.15, -0.1) is 5.10 Å². The summed E-state index contributed by atoms with van der Waals surface area (Å²) in [4.78, 5) is 12.3. The Morgan fingerprint density at radius 2 is 2.00 bits per heavy atom. The van der Waals surface area contributed by atoms with E-state index in [-0.39, 0.29) is 28.6 Å². The van der Waals surface area contributed by atoms with Crippen molar-refractivity contribution < 1.29 is 17.9 Å². The Morgan fingerprint density at radius 3 is 2.67 bits per heavy atom. The zero-order valence-electron chi connectivity index (χ0n) is 17.6. The van der Waals surface area contributed by atoms with E-state index in [1.165, 1.54) is 0 Å². The van der Waals surface area contributed by atoms with Crippen LogP contribution in [0.1, 0.15) is 50.0 Å². The number of ether oxygens (including phenoxy) is 1. The first kappa shape index (κ1) is 22.2. The van der Waals surface area contributed by atoms with Gasteiger partial charge in [0.2, 0.25) is 10.0 Å². The van der Waals surface area contributed by atoms with Gasteiger partial charge in [0.1, 0.15) is 5.75 Å². The van der Waals surface area contributed by atoms with Gasteiger partial charge in [-0.05, 0) is 57.4 Å². The van der Waals surface area contributed by atoms with Crippen LogP contribution in [0.15, 0.2) is 35.4 Å². The lowest BCUT2D eigenvalue weighted by molar-refractivity contribution is 0.0938. The highest BCUT2D eigenvalue weighted by Gasteiger charge is 2.33. The van der Waals surface area contributed by atoms with E-state index >= 15 is 0 Å². The van der Waals surface area contributed by atoms with E-state index in [9.17, 15) is 13.2 Å². The van der Waals surface area contributed by atoms with Gasteiger partial charge in [-0.1, -0.05) is 11.6 Å². The molecule has 1 amide bonds. The summed E-state index contributed by atoms with van der Waals surface area (Å²) in [6.07, 6.45) is 4.82. The van der Waals surface area contributed by atoms with Crippen LogP contribution in [0.2, 0.25) is 0 Å². The molecule has 2 aromatic rings. The number of piperidine rings is 1. The predicted octanol–water partition coefficient (Wildman–Crippen LogP) is 2.06. The number of sulfonamides is 1. The highest BCUT2D eigenvalue weighted by atomic mass is 32.2. The fourth-order valence-corrected chi connectivity index (χ4v) is 5.31. The second kappa shape index (κ2) is 9.57. The van der Waals surface area contributed by atoms with Crippen molar-refractivity contribution in [2.75, 3.05) is 13.7 Å². The topological polar surface area (TPSA) is 106 Å². The molecular weight excluding hydrogens is 406 g/mol. The minimum atomic E-state index is -3.59. The molecule has 1 fully saturated rings. The molecule has 2 heterocycles. The largest absolute Gasteiger partial charge is 0.497 e. The van der Waals surface area contributed by atoms with E-state index in [2.05, 4.69) is 15.6 Å². The number of aryl methyl sites for hydroxylation is 1. The Bertz CT molecular complexity index is 956. The molecule has 1 aromatic heterocycles. The quantitative estimate of drug-likeness (QED) is 0.680. The Kier molecular flexibility index (Phi) is 7.09. The number of carbonyl (C=O) groups is 1. The van der Waals surface area contributed by atoms with Crippen LogP contribution in [-0.2, 0) is 16.6 Å². The van der Waals surface area contributed by atoms with Gasteiger partial charge in [-0.25, -0.2) is 8.42 Å². The van der Waals surface area contributed by atoms with Crippen LogP contribution < -0.4 is 10.1 Å².